The number of hydrogen-bond acceptors (Lipinski definition) is 2. The molecule has 0 fully saturated rings. The molecule has 0 radical (unpaired) electrons. The van der Waals surface area contributed by atoms with Crippen LogP contribution in [0.2, 0.25) is 0 Å². The third-order valence-electron chi connectivity index (χ3n) is 2.39. The van der Waals surface area contributed by atoms with Gasteiger partial charge in [-0.05, 0) is 30.7 Å². The second-order valence-electron chi connectivity index (χ2n) is 3.53. The number of carboxylic acid groups (broad SMARTS) is 1. The SMILES string of the molecule is Cc1c(Br)cc(F)cc1-c1cc(C(=O)O)[nH]n1. The van der Waals surface area contributed by atoms with Gasteiger partial charge in [0.1, 0.15) is 11.5 Å². The predicted octanol–water partition coefficient (Wildman–Crippen LogP) is 2.98. The normalized spacial score (nSPS) is 10.5. The number of nitrogens with zero attached hydrogens (tertiary/aromatic N) is 1. The monoisotopic (exact) mass is 298 g/mol. The van der Waals surface area contributed by atoms with E-state index in [1.54, 1.807) is 6.92 Å². The van der Waals surface area contributed by atoms with Crippen molar-refractivity contribution in [1.29, 1.82) is 0 Å². The van der Waals surface area contributed by atoms with Gasteiger partial charge in [-0.25, -0.2) is 9.18 Å². The molecule has 1 heterocycles. The van der Waals surface area contributed by atoms with Crippen molar-refractivity contribution >= 4 is 21.9 Å². The Labute approximate surface area is 105 Å². The van der Waals surface area contributed by atoms with Crippen LogP contribution in [-0.4, -0.2) is 21.3 Å². The van der Waals surface area contributed by atoms with Gasteiger partial charge in [-0.15, -0.1) is 0 Å². The highest BCUT2D eigenvalue weighted by Gasteiger charge is 2.13. The lowest BCUT2D eigenvalue weighted by Crippen LogP contribution is -1.95. The minimum Gasteiger partial charge on any atom is -0.477 e. The van der Waals surface area contributed by atoms with Crippen molar-refractivity contribution < 1.29 is 14.3 Å². The zero-order chi connectivity index (χ0) is 12.6. The molecule has 2 N–H and O–H groups in total. The van der Waals surface area contributed by atoms with Crippen LogP contribution in [0.25, 0.3) is 11.3 Å². The van der Waals surface area contributed by atoms with E-state index in [1.807, 2.05) is 0 Å². The zero-order valence-corrected chi connectivity index (χ0v) is 10.4. The number of halogens is 2. The van der Waals surface area contributed by atoms with Crippen molar-refractivity contribution in [3.8, 4) is 11.3 Å². The minimum atomic E-state index is -1.10. The number of benzene rings is 1. The number of aromatic amines is 1. The summed E-state index contributed by atoms with van der Waals surface area (Å²) in [6.07, 6.45) is 0. The standard InChI is InChI=1S/C11H8BrFN2O2/c1-5-7(2-6(13)3-8(5)12)9-4-10(11(16)17)15-14-9/h2-4H,1H3,(H,14,15)(H,16,17). The molecule has 0 aliphatic heterocycles. The van der Waals surface area contributed by atoms with Gasteiger partial charge < -0.3 is 5.11 Å². The highest BCUT2D eigenvalue weighted by Crippen LogP contribution is 2.29. The molecule has 1 aromatic heterocycles. The van der Waals surface area contributed by atoms with Crippen molar-refractivity contribution in [2.75, 3.05) is 0 Å². The van der Waals surface area contributed by atoms with E-state index in [2.05, 4.69) is 26.1 Å². The van der Waals surface area contributed by atoms with Gasteiger partial charge in [0.15, 0.2) is 0 Å². The lowest BCUT2D eigenvalue weighted by atomic mass is 10.1. The quantitative estimate of drug-likeness (QED) is 0.896. The lowest BCUT2D eigenvalue weighted by Gasteiger charge is -2.04. The van der Waals surface area contributed by atoms with Crippen LogP contribution in [-0.2, 0) is 0 Å². The number of aromatic nitrogens is 2. The number of carbonyl (C=O) groups is 1. The summed E-state index contributed by atoms with van der Waals surface area (Å²) < 4.78 is 13.9. The largest absolute Gasteiger partial charge is 0.477 e. The van der Waals surface area contributed by atoms with Crippen LogP contribution in [0.1, 0.15) is 16.1 Å². The summed E-state index contributed by atoms with van der Waals surface area (Å²) in [5.41, 5.74) is 1.73. The molecule has 88 valence electrons. The summed E-state index contributed by atoms with van der Waals surface area (Å²) in [5, 5.41) is 15.0. The van der Waals surface area contributed by atoms with E-state index >= 15 is 0 Å². The third-order valence-corrected chi connectivity index (χ3v) is 3.22. The van der Waals surface area contributed by atoms with E-state index in [1.165, 1.54) is 18.2 Å². The van der Waals surface area contributed by atoms with Crippen molar-refractivity contribution in [1.82, 2.24) is 10.2 Å². The molecule has 0 bridgehead atoms. The van der Waals surface area contributed by atoms with Crippen molar-refractivity contribution in [2.45, 2.75) is 6.92 Å². The number of rotatable bonds is 2. The van der Waals surface area contributed by atoms with Gasteiger partial charge in [0.2, 0.25) is 0 Å². The number of carboxylic acids is 1. The predicted molar refractivity (Wildman–Crippen MR) is 63.4 cm³/mol. The van der Waals surface area contributed by atoms with Gasteiger partial charge in [-0.1, -0.05) is 15.9 Å². The topological polar surface area (TPSA) is 66.0 Å². The van der Waals surface area contributed by atoms with E-state index < -0.39 is 11.8 Å². The molecular weight excluding hydrogens is 291 g/mol. The van der Waals surface area contributed by atoms with Gasteiger partial charge in [0.05, 0.1) is 5.69 Å². The summed E-state index contributed by atoms with van der Waals surface area (Å²) in [6.45, 7) is 1.80. The Bertz CT molecular complexity index is 595. The molecule has 0 aliphatic carbocycles. The molecule has 0 spiro atoms. The van der Waals surface area contributed by atoms with Crippen LogP contribution in [0.15, 0.2) is 22.7 Å². The maximum atomic E-state index is 13.3. The average molecular weight is 299 g/mol. The Morgan fingerprint density at radius 3 is 2.76 bits per heavy atom. The highest BCUT2D eigenvalue weighted by molar-refractivity contribution is 9.10. The molecular formula is C11H8BrFN2O2. The second kappa shape index (κ2) is 4.29. The lowest BCUT2D eigenvalue weighted by molar-refractivity contribution is 0.0690. The summed E-state index contributed by atoms with van der Waals surface area (Å²) in [5.74, 6) is -1.51. The molecule has 0 unspecified atom stereocenters. The first kappa shape index (κ1) is 11.8. The zero-order valence-electron chi connectivity index (χ0n) is 8.79. The van der Waals surface area contributed by atoms with Crippen LogP contribution in [0, 0.1) is 12.7 Å². The maximum Gasteiger partial charge on any atom is 0.353 e. The summed E-state index contributed by atoms with van der Waals surface area (Å²) >= 11 is 3.24. The summed E-state index contributed by atoms with van der Waals surface area (Å²) in [6, 6.07) is 4.04. The Morgan fingerprint density at radius 1 is 1.47 bits per heavy atom. The Kier molecular flexibility index (Phi) is 2.97. The Balaban J connectivity index is 2.56. The fourth-order valence-corrected chi connectivity index (χ4v) is 1.91. The molecule has 0 atom stereocenters. The van der Waals surface area contributed by atoms with Crippen LogP contribution in [0.5, 0.6) is 0 Å². The van der Waals surface area contributed by atoms with Crippen LogP contribution in [0.3, 0.4) is 0 Å². The fourth-order valence-electron chi connectivity index (χ4n) is 1.48. The fraction of sp³-hybridized carbons (Fsp3) is 0.0909. The van der Waals surface area contributed by atoms with Gasteiger partial charge in [0, 0.05) is 10.0 Å². The van der Waals surface area contributed by atoms with Gasteiger partial charge in [-0.2, -0.15) is 5.10 Å². The molecule has 17 heavy (non-hydrogen) atoms. The molecule has 0 saturated heterocycles. The smallest absolute Gasteiger partial charge is 0.353 e. The summed E-state index contributed by atoms with van der Waals surface area (Å²) in [4.78, 5) is 10.7. The van der Waals surface area contributed by atoms with Crippen molar-refractivity contribution in [3.63, 3.8) is 0 Å². The number of H-pyrrole nitrogens is 1. The van der Waals surface area contributed by atoms with E-state index in [9.17, 15) is 9.18 Å². The van der Waals surface area contributed by atoms with E-state index in [0.29, 0.717) is 15.7 Å². The third kappa shape index (κ3) is 2.21. The van der Waals surface area contributed by atoms with Gasteiger partial charge >= 0.3 is 5.97 Å². The second-order valence-corrected chi connectivity index (χ2v) is 4.39. The van der Waals surface area contributed by atoms with Crippen molar-refractivity contribution in [3.05, 3.63) is 39.7 Å². The Morgan fingerprint density at radius 2 is 2.18 bits per heavy atom. The van der Waals surface area contributed by atoms with Crippen LogP contribution >= 0.6 is 15.9 Å². The van der Waals surface area contributed by atoms with Gasteiger partial charge in [0.25, 0.3) is 0 Å². The molecule has 4 nitrogen and oxygen atoms in total. The average Bonchev–Trinajstić information content (AvgIpc) is 2.72. The Hall–Kier alpha value is -1.69. The minimum absolute atomic E-state index is 0.0280. The first-order valence-corrected chi connectivity index (χ1v) is 5.53. The first-order valence-electron chi connectivity index (χ1n) is 4.73. The van der Waals surface area contributed by atoms with E-state index in [-0.39, 0.29) is 5.69 Å². The molecule has 2 aromatic rings. The number of hydrogen-bond donors (Lipinski definition) is 2. The number of nitrogens with one attached hydrogen (secondary N) is 1. The first-order chi connectivity index (χ1) is 7.99. The highest BCUT2D eigenvalue weighted by atomic mass is 79.9. The maximum absolute atomic E-state index is 13.3. The molecule has 0 saturated carbocycles. The van der Waals surface area contributed by atoms with Crippen molar-refractivity contribution in [2.24, 2.45) is 0 Å². The van der Waals surface area contributed by atoms with Crippen LogP contribution < -0.4 is 0 Å². The van der Waals surface area contributed by atoms with E-state index in [4.69, 9.17) is 5.11 Å². The molecule has 0 aliphatic rings. The van der Waals surface area contributed by atoms with E-state index in [0.717, 1.165) is 5.56 Å². The number of aromatic carboxylic acids is 1. The molecule has 6 heteroatoms. The summed E-state index contributed by atoms with van der Waals surface area (Å²) in [7, 11) is 0. The molecule has 0 amide bonds. The van der Waals surface area contributed by atoms with Gasteiger partial charge in [-0.3, -0.25) is 5.10 Å². The molecule has 2 rings (SSSR count). The van der Waals surface area contributed by atoms with Crippen LogP contribution in [0.4, 0.5) is 4.39 Å². The molecule has 1 aromatic carbocycles.